The highest BCUT2D eigenvalue weighted by Gasteiger charge is 2.63. The zero-order valence-electron chi connectivity index (χ0n) is 13.9. The topological polar surface area (TPSA) is 34.1 Å². The number of rotatable bonds is 2. The predicted molar refractivity (Wildman–Crippen MR) is 90.3 cm³/mol. The van der Waals surface area contributed by atoms with Gasteiger partial charge in [0.05, 0.1) is 0 Å². The Morgan fingerprint density at radius 2 is 1.68 bits per heavy atom. The molecule has 22 heavy (non-hydrogen) atoms. The molecule has 2 atom stereocenters. The molecule has 2 saturated carbocycles. The number of Topliss-reactive ketones (excluding diaryl/α,β-unsaturated/α-hetero) is 2. The van der Waals surface area contributed by atoms with E-state index in [1.807, 2.05) is 6.92 Å². The Bertz CT molecular complexity index is 626. The maximum Gasteiger partial charge on any atom is 0.140 e. The largest absolute Gasteiger partial charge is 0.300 e. The van der Waals surface area contributed by atoms with E-state index in [9.17, 15) is 9.59 Å². The van der Waals surface area contributed by atoms with Crippen LogP contribution >= 0.6 is 11.8 Å². The first kappa shape index (κ1) is 15.8. The van der Waals surface area contributed by atoms with Gasteiger partial charge in [-0.25, -0.2) is 0 Å². The number of benzene rings is 1. The van der Waals surface area contributed by atoms with Crippen LogP contribution in [-0.2, 0) is 15.0 Å². The summed E-state index contributed by atoms with van der Waals surface area (Å²) in [7, 11) is 0. The molecule has 3 heteroatoms. The molecule has 2 aliphatic rings. The third kappa shape index (κ3) is 2.34. The second-order valence-electron chi connectivity index (χ2n) is 8.02. The molecule has 2 aliphatic carbocycles. The Morgan fingerprint density at radius 3 is 2.27 bits per heavy atom. The van der Waals surface area contributed by atoms with Crippen LogP contribution in [0.15, 0.2) is 29.2 Å². The van der Waals surface area contributed by atoms with Crippen LogP contribution in [0, 0.1) is 5.41 Å². The fraction of sp³-hybridized carbons (Fsp3) is 0.579. The van der Waals surface area contributed by atoms with E-state index in [0.29, 0.717) is 19.3 Å². The minimum atomic E-state index is -0.461. The highest BCUT2D eigenvalue weighted by molar-refractivity contribution is 8.00. The summed E-state index contributed by atoms with van der Waals surface area (Å²) in [5.74, 6) is 0.520. The first-order chi connectivity index (χ1) is 10.2. The first-order valence-corrected chi connectivity index (χ1v) is 8.83. The van der Waals surface area contributed by atoms with Crippen molar-refractivity contribution in [2.24, 2.45) is 5.41 Å². The fourth-order valence-corrected chi connectivity index (χ4v) is 5.46. The van der Waals surface area contributed by atoms with Crippen molar-refractivity contribution in [1.82, 2.24) is 0 Å². The highest BCUT2D eigenvalue weighted by atomic mass is 32.2. The molecule has 0 bridgehead atoms. The summed E-state index contributed by atoms with van der Waals surface area (Å²) < 4.78 is -0.218. The normalized spacial score (nSPS) is 31.6. The van der Waals surface area contributed by atoms with E-state index in [2.05, 4.69) is 45.0 Å². The molecule has 0 aliphatic heterocycles. The van der Waals surface area contributed by atoms with Crippen molar-refractivity contribution in [3.8, 4) is 0 Å². The lowest BCUT2D eigenvalue weighted by Crippen LogP contribution is -2.37. The first-order valence-electron chi connectivity index (χ1n) is 8.01. The van der Waals surface area contributed by atoms with Gasteiger partial charge in [0.15, 0.2) is 0 Å². The summed E-state index contributed by atoms with van der Waals surface area (Å²) in [6.07, 6.45) is 2.43. The van der Waals surface area contributed by atoms with E-state index in [4.69, 9.17) is 0 Å². The Balaban J connectivity index is 1.89. The SMILES string of the molecule is CC(C)(C)c1ccc(S[C@]23CCC(=O)[C@@]2(C)CC(=O)C3)cc1. The van der Waals surface area contributed by atoms with E-state index in [-0.39, 0.29) is 21.7 Å². The van der Waals surface area contributed by atoms with E-state index < -0.39 is 5.41 Å². The average Bonchev–Trinajstić information content (AvgIpc) is 2.79. The maximum absolute atomic E-state index is 12.3. The third-order valence-electron chi connectivity index (χ3n) is 5.44. The maximum atomic E-state index is 12.3. The average molecular weight is 316 g/mol. The predicted octanol–water partition coefficient (Wildman–Crippen LogP) is 4.55. The van der Waals surface area contributed by atoms with Gasteiger partial charge in [-0.1, -0.05) is 39.8 Å². The molecule has 2 fully saturated rings. The van der Waals surface area contributed by atoms with E-state index in [0.717, 1.165) is 6.42 Å². The van der Waals surface area contributed by atoms with E-state index in [1.165, 1.54) is 10.5 Å². The Hall–Kier alpha value is -1.09. The number of fused-ring (bicyclic) bond motifs is 1. The number of carbonyl (C=O) groups excluding carboxylic acids is 2. The van der Waals surface area contributed by atoms with Gasteiger partial charge in [-0.3, -0.25) is 9.59 Å². The summed E-state index contributed by atoms with van der Waals surface area (Å²) in [6, 6.07) is 8.63. The van der Waals surface area contributed by atoms with Crippen LogP contribution in [0.1, 0.15) is 58.9 Å². The van der Waals surface area contributed by atoms with Crippen LogP contribution in [0.2, 0.25) is 0 Å². The van der Waals surface area contributed by atoms with Crippen LogP contribution in [-0.4, -0.2) is 16.3 Å². The molecule has 0 spiro atoms. The molecule has 0 unspecified atom stereocenters. The summed E-state index contributed by atoms with van der Waals surface area (Å²) in [5, 5.41) is 0. The lowest BCUT2D eigenvalue weighted by Gasteiger charge is -2.35. The zero-order chi connectivity index (χ0) is 16.2. The Kier molecular flexibility index (Phi) is 3.56. The standard InChI is InChI=1S/C19H24O2S/c1-17(2,3)13-5-7-15(8-6-13)22-19-10-9-16(21)18(19,4)11-14(20)12-19/h5-8H,9-12H2,1-4H3/t18-,19+/m1/s1. The summed E-state index contributed by atoms with van der Waals surface area (Å²) in [4.78, 5) is 25.5. The van der Waals surface area contributed by atoms with Gasteiger partial charge in [0.2, 0.25) is 0 Å². The van der Waals surface area contributed by atoms with Gasteiger partial charge in [0, 0.05) is 34.3 Å². The smallest absolute Gasteiger partial charge is 0.140 e. The Labute approximate surface area is 137 Å². The lowest BCUT2D eigenvalue weighted by atomic mass is 9.81. The molecular weight excluding hydrogens is 292 g/mol. The number of hydrogen-bond acceptors (Lipinski definition) is 3. The minimum Gasteiger partial charge on any atom is -0.300 e. The van der Waals surface area contributed by atoms with E-state index >= 15 is 0 Å². The van der Waals surface area contributed by atoms with Crippen molar-refractivity contribution in [2.75, 3.05) is 0 Å². The van der Waals surface area contributed by atoms with Gasteiger partial charge < -0.3 is 0 Å². The molecule has 0 saturated heterocycles. The van der Waals surface area contributed by atoms with Crippen molar-refractivity contribution < 1.29 is 9.59 Å². The van der Waals surface area contributed by atoms with Crippen LogP contribution in [0.5, 0.6) is 0 Å². The molecule has 0 amide bonds. The van der Waals surface area contributed by atoms with Gasteiger partial charge in [-0.05, 0) is 29.5 Å². The monoisotopic (exact) mass is 316 g/mol. The van der Waals surface area contributed by atoms with Crippen molar-refractivity contribution >= 4 is 23.3 Å². The number of thioether (sulfide) groups is 1. The van der Waals surface area contributed by atoms with Crippen LogP contribution < -0.4 is 0 Å². The quantitative estimate of drug-likeness (QED) is 0.803. The number of carbonyl (C=O) groups is 2. The molecular formula is C19H24O2S. The second-order valence-corrected chi connectivity index (χ2v) is 9.48. The molecule has 3 rings (SSSR count). The van der Waals surface area contributed by atoms with Crippen molar-refractivity contribution in [2.45, 2.75) is 68.4 Å². The number of hydrogen-bond donors (Lipinski definition) is 0. The molecule has 1 aromatic carbocycles. The molecule has 2 nitrogen and oxygen atoms in total. The van der Waals surface area contributed by atoms with Crippen LogP contribution in [0.3, 0.4) is 0 Å². The second kappa shape index (κ2) is 4.95. The van der Waals surface area contributed by atoms with Gasteiger partial charge in [-0.2, -0.15) is 0 Å². The molecule has 118 valence electrons. The molecule has 1 aromatic rings. The summed E-state index contributed by atoms with van der Waals surface area (Å²) in [6.45, 7) is 8.62. The highest BCUT2D eigenvalue weighted by Crippen LogP contribution is 2.62. The van der Waals surface area contributed by atoms with Gasteiger partial charge in [0.1, 0.15) is 11.6 Å². The fourth-order valence-electron chi connectivity index (χ4n) is 3.89. The van der Waals surface area contributed by atoms with Crippen LogP contribution in [0.4, 0.5) is 0 Å². The molecule has 0 N–H and O–H groups in total. The molecule has 0 heterocycles. The lowest BCUT2D eigenvalue weighted by molar-refractivity contribution is -0.127. The summed E-state index contributed by atoms with van der Waals surface area (Å²) >= 11 is 1.75. The van der Waals surface area contributed by atoms with E-state index in [1.54, 1.807) is 11.8 Å². The van der Waals surface area contributed by atoms with Crippen molar-refractivity contribution in [3.05, 3.63) is 29.8 Å². The third-order valence-corrected chi connectivity index (χ3v) is 7.14. The van der Waals surface area contributed by atoms with Crippen LogP contribution in [0.25, 0.3) is 0 Å². The molecule has 0 radical (unpaired) electrons. The van der Waals surface area contributed by atoms with Crippen molar-refractivity contribution in [1.29, 1.82) is 0 Å². The zero-order valence-corrected chi connectivity index (χ0v) is 14.7. The number of ketones is 2. The molecule has 0 aromatic heterocycles. The minimum absolute atomic E-state index is 0.142. The van der Waals surface area contributed by atoms with Gasteiger partial charge in [-0.15, -0.1) is 11.8 Å². The Morgan fingerprint density at radius 1 is 1.05 bits per heavy atom. The van der Waals surface area contributed by atoms with Gasteiger partial charge in [0.25, 0.3) is 0 Å². The van der Waals surface area contributed by atoms with Gasteiger partial charge >= 0.3 is 0 Å². The summed E-state index contributed by atoms with van der Waals surface area (Å²) in [5.41, 5.74) is 0.988. The van der Waals surface area contributed by atoms with Crippen molar-refractivity contribution in [3.63, 3.8) is 0 Å².